The summed E-state index contributed by atoms with van der Waals surface area (Å²) in [6, 6.07) is 14.4. The average molecular weight is 439 g/mol. The first-order chi connectivity index (χ1) is 11.2. The van der Waals surface area contributed by atoms with Gasteiger partial charge in [0.1, 0.15) is 0 Å². The summed E-state index contributed by atoms with van der Waals surface area (Å²) >= 11 is 0. The third-order valence-corrected chi connectivity index (χ3v) is 3.51. The minimum Gasteiger partial charge on any atom is -0.378 e. The molecule has 0 aliphatic carbocycles. The van der Waals surface area contributed by atoms with E-state index in [1.165, 1.54) is 11.3 Å². The summed E-state index contributed by atoms with van der Waals surface area (Å²) in [6.07, 6.45) is 2.69. The van der Waals surface area contributed by atoms with Crippen molar-refractivity contribution in [2.24, 2.45) is 4.99 Å². The van der Waals surface area contributed by atoms with Crippen LogP contribution in [-0.2, 0) is 13.0 Å². The largest absolute Gasteiger partial charge is 0.378 e. The van der Waals surface area contributed by atoms with Gasteiger partial charge < -0.3 is 15.5 Å². The van der Waals surface area contributed by atoms with Gasteiger partial charge in [-0.15, -0.1) is 24.0 Å². The lowest BCUT2D eigenvalue weighted by Crippen LogP contribution is -2.37. The number of benzene rings is 1. The quantitative estimate of drug-likeness (QED) is 0.413. The smallest absolute Gasteiger partial charge is 0.191 e. The molecule has 6 heteroatoms. The summed E-state index contributed by atoms with van der Waals surface area (Å²) in [5.74, 6) is 0.802. The second kappa shape index (κ2) is 10.9. The fraction of sp³-hybridized carbons (Fsp3) is 0.333. The molecule has 24 heavy (non-hydrogen) atoms. The van der Waals surface area contributed by atoms with Crippen LogP contribution in [0, 0.1) is 0 Å². The minimum atomic E-state index is 0. The number of nitrogens with one attached hydrogen (secondary N) is 2. The Hall–Kier alpha value is -1.83. The molecule has 0 aliphatic rings. The van der Waals surface area contributed by atoms with Crippen molar-refractivity contribution in [1.82, 2.24) is 15.6 Å². The van der Waals surface area contributed by atoms with Crippen molar-refractivity contribution < 1.29 is 0 Å². The van der Waals surface area contributed by atoms with Gasteiger partial charge in [0.2, 0.25) is 0 Å². The molecule has 130 valence electrons. The molecule has 1 aromatic carbocycles. The van der Waals surface area contributed by atoms with E-state index in [9.17, 15) is 0 Å². The van der Waals surface area contributed by atoms with Crippen LogP contribution in [0.5, 0.6) is 0 Å². The number of hydrogen-bond donors (Lipinski definition) is 2. The maximum absolute atomic E-state index is 4.32. The number of anilines is 1. The van der Waals surface area contributed by atoms with E-state index in [0.29, 0.717) is 0 Å². The maximum atomic E-state index is 4.32. The van der Waals surface area contributed by atoms with Crippen LogP contribution in [0.1, 0.15) is 11.3 Å². The SMILES string of the molecule is CN=C(NCCc1ccccn1)NCc1cccc(N(C)C)c1.I. The van der Waals surface area contributed by atoms with Gasteiger partial charge >= 0.3 is 0 Å². The monoisotopic (exact) mass is 439 g/mol. The number of aromatic nitrogens is 1. The van der Waals surface area contributed by atoms with Gasteiger partial charge in [-0.2, -0.15) is 0 Å². The standard InChI is InChI=1S/C18H25N5.HI/c1-19-18(21-12-10-16-8-4-5-11-20-16)22-14-15-7-6-9-17(13-15)23(2)3;/h4-9,11,13H,10,12,14H2,1-3H3,(H2,19,21,22);1H. The molecule has 5 nitrogen and oxygen atoms in total. The van der Waals surface area contributed by atoms with Crippen molar-refractivity contribution in [1.29, 1.82) is 0 Å². The molecule has 0 amide bonds. The fourth-order valence-electron chi connectivity index (χ4n) is 2.21. The van der Waals surface area contributed by atoms with Crippen molar-refractivity contribution in [3.05, 3.63) is 59.9 Å². The first-order valence-electron chi connectivity index (χ1n) is 7.79. The molecule has 2 aromatic rings. The van der Waals surface area contributed by atoms with Crippen LogP contribution in [0.25, 0.3) is 0 Å². The highest BCUT2D eigenvalue weighted by Crippen LogP contribution is 2.12. The van der Waals surface area contributed by atoms with Gasteiger partial charge in [-0.05, 0) is 29.8 Å². The number of guanidine groups is 1. The molecule has 2 rings (SSSR count). The summed E-state index contributed by atoms with van der Waals surface area (Å²) in [6.45, 7) is 1.54. The molecule has 2 N–H and O–H groups in total. The predicted octanol–water partition coefficient (Wildman–Crippen LogP) is 2.67. The molecule has 0 bridgehead atoms. The van der Waals surface area contributed by atoms with Crippen LogP contribution < -0.4 is 15.5 Å². The van der Waals surface area contributed by atoms with Gasteiger partial charge in [-0.25, -0.2) is 0 Å². The van der Waals surface area contributed by atoms with Crippen molar-refractivity contribution in [2.45, 2.75) is 13.0 Å². The minimum absolute atomic E-state index is 0. The number of nitrogens with zero attached hydrogens (tertiary/aromatic N) is 3. The van der Waals surface area contributed by atoms with E-state index in [1.54, 1.807) is 7.05 Å². The van der Waals surface area contributed by atoms with Crippen LogP contribution in [-0.4, -0.2) is 38.6 Å². The Morgan fingerprint density at radius 3 is 2.62 bits per heavy atom. The zero-order chi connectivity index (χ0) is 16.5. The normalized spacial score (nSPS) is 10.7. The van der Waals surface area contributed by atoms with Gasteiger partial charge in [-0.3, -0.25) is 9.98 Å². The van der Waals surface area contributed by atoms with Gasteiger partial charge in [0, 0.05) is 58.2 Å². The zero-order valence-electron chi connectivity index (χ0n) is 14.5. The summed E-state index contributed by atoms with van der Waals surface area (Å²) in [7, 11) is 5.88. The molecular formula is C18H26IN5. The van der Waals surface area contributed by atoms with Crippen LogP contribution in [0.3, 0.4) is 0 Å². The second-order valence-electron chi connectivity index (χ2n) is 5.49. The third kappa shape index (κ3) is 6.74. The molecule has 0 spiro atoms. The molecule has 0 fully saturated rings. The van der Waals surface area contributed by atoms with Crippen LogP contribution in [0.4, 0.5) is 5.69 Å². The van der Waals surface area contributed by atoms with Crippen molar-refractivity contribution in [3.63, 3.8) is 0 Å². The van der Waals surface area contributed by atoms with E-state index < -0.39 is 0 Å². The van der Waals surface area contributed by atoms with Crippen LogP contribution >= 0.6 is 24.0 Å². The van der Waals surface area contributed by atoms with E-state index in [1.807, 2.05) is 38.5 Å². The van der Waals surface area contributed by atoms with Gasteiger partial charge in [0.15, 0.2) is 5.96 Å². The van der Waals surface area contributed by atoms with E-state index in [4.69, 9.17) is 0 Å². The molecular weight excluding hydrogens is 413 g/mol. The number of pyridine rings is 1. The summed E-state index contributed by atoms with van der Waals surface area (Å²) in [4.78, 5) is 10.7. The molecule has 0 radical (unpaired) electrons. The number of halogens is 1. The highest BCUT2D eigenvalue weighted by molar-refractivity contribution is 14.0. The van der Waals surface area contributed by atoms with E-state index in [-0.39, 0.29) is 24.0 Å². The van der Waals surface area contributed by atoms with Gasteiger partial charge in [0.25, 0.3) is 0 Å². The van der Waals surface area contributed by atoms with Crippen molar-refractivity contribution >= 4 is 35.6 Å². The molecule has 0 saturated heterocycles. The van der Waals surface area contributed by atoms with Crippen molar-refractivity contribution in [3.8, 4) is 0 Å². The highest BCUT2D eigenvalue weighted by Gasteiger charge is 2.01. The Balaban J connectivity index is 0.00000288. The van der Waals surface area contributed by atoms with E-state index in [2.05, 4.69) is 49.8 Å². The lowest BCUT2D eigenvalue weighted by Gasteiger charge is -2.15. The average Bonchev–Trinajstić information content (AvgIpc) is 2.59. The Morgan fingerprint density at radius 2 is 1.96 bits per heavy atom. The molecule has 1 heterocycles. The molecule has 0 unspecified atom stereocenters. The molecule has 0 atom stereocenters. The first-order valence-corrected chi connectivity index (χ1v) is 7.79. The van der Waals surface area contributed by atoms with E-state index in [0.717, 1.165) is 31.2 Å². The summed E-state index contributed by atoms with van der Waals surface area (Å²) in [5.41, 5.74) is 3.50. The Labute approximate surface area is 161 Å². The summed E-state index contributed by atoms with van der Waals surface area (Å²) < 4.78 is 0. The first kappa shape index (κ1) is 20.2. The fourth-order valence-corrected chi connectivity index (χ4v) is 2.21. The molecule has 1 aromatic heterocycles. The lowest BCUT2D eigenvalue weighted by molar-refractivity contribution is 0.784. The summed E-state index contributed by atoms with van der Waals surface area (Å²) in [5, 5.41) is 6.65. The molecule has 0 aliphatic heterocycles. The zero-order valence-corrected chi connectivity index (χ0v) is 16.8. The number of rotatable bonds is 6. The second-order valence-corrected chi connectivity index (χ2v) is 5.49. The predicted molar refractivity (Wildman–Crippen MR) is 112 cm³/mol. The van der Waals surface area contributed by atoms with Gasteiger partial charge in [-0.1, -0.05) is 18.2 Å². The topological polar surface area (TPSA) is 52.6 Å². The van der Waals surface area contributed by atoms with Crippen LogP contribution in [0.15, 0.2) is 53.7 Å². The lowest BCUT2D eigenvalue weighted by atomic mass is 10.2. The Kier molecular flexibility index (Phi) is 9.14. The van der Waals surface area contributed by atoms with Crippen molar-refractivity contribution in [2.75, 3.05) is 32.6 Å². The third-order valence-electron chi connectivity index (χ3n) is 3.51. The molecule has 0 saturated carbocycles. The van der Waals surface area contributed by atoms with Crippen LogP contribution in [0.2, 0.25) is 0 Å². The number of hydrogen-bond acceptors (Lipinski definition) is 3. The highest BCUT2D eigenvalue weighted by atomic mass is 127. The maximum Gasteiger partial charge on any atom is 0.191 e. The Morgan fingerprint density at radius 1 is 1.12 bits per heavy atom. The van der Waals surface area contributed by atoms with E-state index >= 15 is 0 Å². The number of aliphatic imine (C=N–C) groups is 1. The Bertz CT molecular complexity index is 628. The van der Waals surface area contributed by atoms with Gasteiger partial charge in [0.05, 0.1) is 0 Å².